The van der Waals surface area contributed by atoms with Gasteiger partial charge in [0.25, 0.3) is 0 Å². The molecule has 0 aliphatic carbocycles. The van der Waals surface area contributed by atoms with Crippen molar-refractivity contribution < 1.29 is 19.4 Å². The number of methoxy groups -OCH3 is 1. The summed E-state index contributed by atoms with van der Waals surface area (Å²) >= 11 is 0. The van der Waals surface area contributed by atoms with Gasteiger partial charge in [-0.1, -0.05) is 11.8 Å². The van der Waals surface area contributed by atoms with Crippen molar-refractivity contribution in [1.29, 1.82) is 0 Å². The van der Waals surface area contributed by atoms with Gasteiger partial charge in [-0.2, -0.15) is 0 Å². The van der Waals surface area contributed by atoms with Crippen LogP contribution < -0.4 is 10.1 Å². The lowest BCUT2D eigenvalue weighted by Crippen LogP contribution is -2.19. The molecule has 0 radical (unpaired) electrons. The number of aromatic carboxylic acids is 1. The molecule has 0 aliphatic rings. The van der Waals surface area contributed by atoms with Crippen LogP contribution in [-0.2, 0) is 4.79 Å². The van der Waals surface area contributed by atoms with E-state index in [0.717, 1.165) is 0 Å². The predicted molar refractivity (Wildman–Crippen MR) is 65.5 cm³/mol. The van der Waals surface area contributed by atoms with Crippen LogP contribution in [0, 0.1) is 11.8 Å². The van der Waals surface area contributed by atoms with E-state index in [1.807, 2.05) is 0 Å². The highest BCUT2D eigenvalue weighted by atomic mass is 16.5. The summed E-state index contributed by atoms with van der Waals surface area (Å²) in [6, 6.07) is 4.61. The zero-order valence-corrected chi connectivity index (χ0v) is 10.1. The van der Waals surface area contributed by atoms with Gasteiger partial charge in [0.2, 0.25) is 5.91 Å². The molecule has 94 valence electrons. The lowest BCUT2D eigenvalue weighted by molar-refractivity contribution is -0.118. The molecule has 0 bridgehead atoms. The van der Waals surface area contributed by atoms with E-state index in [2.05, 4.69) is 17.2 Å². The molecule has 0 spiro atoms. The minimum Gasteiger partial charge on any atom is -0.497 e. The van der Waals surface area contributed by atoms with E-state index in [9.17, 15) is 9.59 Å². The largest absolute Gasteiger partial charge is 0.497 e. The third kappa shape index (κ3) is 3.83. The third-order valence-corrected chi connectivity index (χ3v) is 2.11. The highest BCUT2D eigenvalue weighted by Gasteiger charge is 2.09. The maximum absolute atomic E-state index is 11.0. The minimum atomic E-state index is -1.07. The lowest BCUT2D eigenvalue weighted by Gasteiger charge is -2.03. The van der Waals surface area contributed by atoms with E-state index >= 15 is 0 Å². The van der Waals surface area contributed by atoms with E-state index in [4.69, 9.17) is 9.84 Å². The van der Waals surface area contributed by atoms with Crippen LogP contribution in [0.4, 0.5) is 0 Å². The van der Waals surface area contributed by atoms with Gasteiger partial charge >= 0.3 is 5.97 Å². The molecule has 1 aromatic carbocycles. The van der Waals surface area contributed by atoms with Gasteiger partial charge in [0.05, 0.1) is 19.2 Å². The van der Waals surface area contributed by atoms with E-state index in [1.54, 1.807) is 12.1 Å². The summed E-state index contributed by atoms with van der Waals surface area (Å²) in [6.07, 6.45) is 0. The number of carboxylic acid groups (broad SMARTS) is 1. The average molecular weight is 247 g/mol. The number of hydrogen-bond acceptors (Lipinski definition) is 3. The van der Waals surface area contributed by atoms with Crippen molar-refractivity contribution in [2.45, 2.75) is 6.92 Å². The molecule has 1 rings (SSSR count). The van der Waals surface area contributed by atoms with Crippen molar-refractivity contribution in [3.8, 4) is 17.6 Å². The maximum atomic E-state index is 11.0. The first-order valence-electron chi connectivity index (χ1n) is 5.19. The second-order valence-electron chi connectivity index (χ2n) is 3.43. The lowest BCUT2D eigenvalue weighted by atomic mass is 10.1. The number of ether oxygens (including phenoxy) is 1. The molecular weight excluding hydrogens is 234 g/mol. The Kier molecular flexibility index (Phi) is 4.76. The predicted octanol–water partition coefficient (Wildman–Crippen LogP) is 0.881. The van der Waals surface area contributed by atoms with Gasteiger partial charge in [0.1, 0.15) is 5.75 Å². The molecule has 5 nitrogen and oxygen atoms in total. The first kappa shape index (κ1) is 13.6. The molecule has 18 heavy (non-hydrogen) atoms. The van der Waals surface area contributed by atoms with Crippen LogP contribution in [0.2, 0.25) is 0 Å². The SMILES string of the molecule is COc1ccc(C#CCNC(C)=O)c(C(=O)O)c1. The third-order valence-electron chi connectivity index (χ3n) is 2.11. The van der Waals surface area contributed by atoms with Crippen LogP contribution in [0.25, 0.3) is 0 Å². The van der Waals surface area contributed by atoms with E-state index in [-0.39, 0.29) is 18.0 Å². The number of nitrogens with one attached hydrogen (secondary N) is 1. The van der Waals surface area contributed by atoms with Gasteiger partial charge in [0.15, 0.2) is 0 Å². The molecule has 0 saturated carbocycles. The Morgan fingerprint density at radius 3 is 2.72 bits per heavy atom. The van der Waals surface area contributed by atoms with Crippen LogP contribution in [0.5, 0.6) is 5.75 Å². The Hall–Kier alpha value is -2.48. The fourth-order valence-corrected chi connectivity index (χ4v) is 1.24. The molecule has 2 N–H and O–H groups in total. The van der Waals surface area contributed by atoms with Gasteiger partial charge in [-0.3, -0.25) is 4.79 Å². The number of carboxylic acids is 1. The molecule has 0 unspecified atom stereocenters. The Bertz CT molecular complexity index is 526. The Morgan fingerprint density at radius 2 is 2.17 bits per heavy atom. The second kappa shape index (κ2) is 6.30. The molecule has 0 aliphatic heterocycles. The number of benzene rings is 1. The fraction of sp³-hybridized carbons (Fsp3) is 0.231. The monoisotopic (exact) mass is 247 g/mol. The molecule has 0 saturated heterocycles. The van der Waals surface area contributed by atoms with Crippen molar-refractivity contribution in [2.24, 2.45) is 0 Å². The molecule has 0 heterocycles. The first-order valence-corrected chi connectivity index (χ1v) is 5.19. The number of rotatable bonds is 3. The van der Waals surface area contributed by atoms with E-state index in [1.165, 1.54) is 20.1 Å². The quantitative estimate of drug-likeness (QED) is 0.777. The van der Waals surface area contributed by atoms with Gasteiger partial charge in [-0.05, 0) is 18.2 Å². The van der Waals surface area contributed by atoms with Crippen molar-refractivity contribution in [2.75, 3.05) is 13.7 Å². The zero-order chi connectivity index (χ0) is 13.5. The van der Waals surface area contributed by atoms with Gasteiger partial charge in [0, 0.05) is 12.5 Å². The molecule has 0 fully saturated rings. The first-order chi connectivity index (χ1) is 8.54. The number of carbonyl (C=O) groups excluding carboxylic acids is 1. The normalized spacial score (nSPS) is 9.00. The average Bonchev–Trinajstić information content (AvgIpc) is 2.34. The number of carbonyl (C=O) groups is 2. The summed E-state index contributed by atoms with van der Waals surface area (Å²) < 4.78 is 4.95. The summed E-state index contributed by atoms with van der Waals surface area (Å²) in [5, 5.41) is 11.5. The Labute approximate surface area is 105 Å². The topological polar surface area (TPSA) is 75.6 Å². The van der Waals surface area contributed by atoms with E-state index in [0.29, 0.717) is 11.3 Å². The molecule has 5 heteroatoms. The summed E-state index contributed by atoms with van der Waals surface area (Å²) in [7, 11) is 1.46. The zero-order valence-electron chi connectivity index (χ0n) is 10.1. The van der Waals surface area contributed by atoms with Crippen molar-refractivity contribution in [3.05, 3.63) is 29.3 Å². The maximum Gasteiger partial charge on any atom is 0.337 e. The molecular formula is C13H13NO4. The summed E-state index contributed by atoms with van der Waals surface area (Å²) in [5.41, 5.74) is 0.457. The van der Waals surface area contributed by atoms with Gasteiger partial charge in [-0.15, -0.1) is 0 Å². The van der Waals surface area contributed by atoms with Crippen LogP contribution in [-0.4, -0.2) is 30.6 Å². The summed E-state index contributed by atoms with van der Waals surface area (Å²) in [4.78, 5) is 21.7. The molecule has 1 amide bonds. The fourth-order valence-electron chi connectivity index (χ4n) is 1.24. The second-order valence-corrected chi connectivity index (χ2v) is 3.43. The Morgan fingerprint density at radius 1 is 1.44 bits per heavy atom. The highest BCUT2D eigenvalue weighted by molar-refractivity contribution is 5.91. The summed E-state index contributed by atoms with van der Waals surface area (Å²) in [5.74, 6) is 4.58. The molecule has 1 aromatic rings. The van der Waals surface area contributed by atoms with Crippen LogP contribution >= 0.6 is 0 Å². The van der Waals surface area contributed by atoms with Gasteiger partial charge < -0.3 is 15.2 Å². The molecule has 0 atom stereocenters. The summed E-state index contributed by atoms with van der Waals surface area (Å²) in [6.45, 7) is 1.57. The van der Waals surface area contributed by atoms with Crippen LogP contribution in [0.15, 0.2) is 18.2 Å². The van der Waals surface area contributed by atoms with Crippen molar-refractivity contribution in [3.63, 3.8) is 0 Å². The number of amides is 1. The smallest absolute Gasteiger partial charge is 0.337 e. The van der Waals surface area contributed by atoms with E-state index < -0.39 is 5.97 Å². The standard InChI is InChI=1S/C13H13NO4/c1-9(15)14-7-3-4-10-5-6-11(18-2)8-12(10)13(16)17/h5-6,8H,7H2,1-2H3,(H,14,15)(H,16,17). The van der Waals surface area contributed by atoms with Crippen LogP contribution in [0.3, 0.4) is 0 Å². The number of hydrogen-bond donors (Lipinski definition) is 2. The highest BCUT2D eigenvalue weighted by Crippen LogP contribution is 2.16. The minimum absolute atomic E-state index is 0.0738. The van der Waals surface area contributed by atoms with Crippen LogP contribution in [0.1, 0.15) is 22.8 Å². The van der Waals surface area contributed by atoms with Gasteiger partial charge in [-0.25, -0.2) is 4.79 Å². The Balaban J connectivity index is 2.94. The van der Waals surface area contributed by atoms with Crippen molar-refractivity contribution in [1.82, 2.24) is 5.32 Å². The van der Waals surface area contributed by atoms with Crippen molar-refractivity contribution >= 4 is 11.9 Å². The molecule has 0 aromatic heterocycles.